The number of nitrogens with one attached hydrogen (secondary N) is 1. The molecule has 0 saturated heterocycles. The van der Waals surface area contributed by atoms with Crippen LogP contribution in [0.1, 0.15) is 0 Å². The molecule has 6 heteroatoms. The molecule has 4 rings (SSSR count). The van der Waals surface area contributed by atoms with Crippen LogP contribution in [0.2, 0.25) is 0 Å². The molecule has 0 amide bonds. The lowest BCUT2D eigenvalue weighted by molar-refractivity contribution is 0.453. The van der Waals surface area contributed by atoms with Crippen LogP contribution in [0.15, 0.2) is 42.6 Å². The number of halogens is 4. The van der Waals surface area contributed by atoms with E-state index in [-0.39, 0.29) is 10.9 Å². The summed E-state index contributed by atoms with van der Waals surface area (Å²) in [5, 5.41) is 0.518. The molecule has 0 unspecified atom stereocenters. The fourth-order valence-corrected chi connectivity index (χ4v) is 2.65. The molecule has 1 N–H and O–H groups in total. The van der Waals surface area contributed by atoms with E-state index in [1.165, 1.54) is 18.3 Å². The number of fused-ring (bicyclic) bond motifs is 2. The predicted octanol–water partition coefficient (Wildman–Crippen LogP) is 4.94. The Morgan fingerprint density at radius 2 is 1.65 bits per heavy atom. The zero-order chi connectivity index (χ0) is 16.1. The molecule has 2 aromatic carbocycles. The van der Waals surface area contributed by atoms with Gasteiger partial charge in [-0.25, -0.2) is 22.5 Å². The van der Waals surface area contributed by atoms with Gasteiger partial charge in [0.25, 0.3) is 0 Å². The van der Waals surface area contributed by atoms with Gasteiger partial charge < -0.3 is 4.98 Å². The summed E-state index contributed by atoms with van der Waals surface area (Å²) in [7, 11) is 0. The molecule has 23 heavy (non-hydrogen) atoms. The minimum atomic E-state index is -1.53. The maximum absolute atomic E-state index is 13.8. The molecular weight excluding hydrogens is 308 g/mol. The van der Waals surface area contributed by atoms with Gasteiger partial charge in [-0.1, -0.05) is 6.07 Å². The molecule has 0 saturated carbocycles. The van der Waals surface area contributed by atoms with Crippen molar-refractivity contribution in [1.82, 2.24) is 9.97 Å². The first-order valence-electron chi connectivity index (χ1n) is 6.76. The fraction of sp³-hybridized carbons (Fsp3) is 0. The van der Waals surface area contributed by atoms with E-state index in [1.54, 1.807) is 18.2 Å². The summed E-state index contributed by atoms with van der Waals surface area (Å²) in [4.78, 5) is 6.90. The lowest BCUT2D eigenvalue weighted by Crippen LogP contribution is -1.92. The number of hydrogen-bond donors (Lipinski definition) is 1. The van der Waals surface area contributed by atoms with Crippen molar-refractivity contribution < 1.29 is 17.6 Å². The van der Waals surface area contributed by atoms with Crippen LogP contribution >= 0.6 is 0 Å². The zero-order valence-corrected chi connectivity index (χ0v) is 11.5. The highest BCUT2D eigenvalue weighted by Crippen LogP contribution is 2.32. The first kappa shape index (κ1) is 13.8. The van der Waals surface area contributed by atoms with Crippen molar-refractivity contribution in [3.8, 4) is 11.3 Å². The SMILES string of the molecule is Fc1cc2c(-c3ccc4c(F)cccc4n3)c[nH]c2c(F)c1F. The van der Waals surface area contributed by atoms with E-state index in [9.17, 15) is 17.6 Å². The smallest absolute Gasteiger partial charge is 0.196 e. The standard InChI is InChI=1S/C17H8F4N2/c18-11-2-1-3-13-8(11)4-5-14(23-13)10-7-22-17-9(10)6-12(19)15(20)16(17)21/h1-7,22H. The quantitative estimate of drug-likeness (QED) is 0.391. The maximum atomic E-state index is 13.8. The third-order valence-corrected chi connectivity index (χ3v) is 3.77. The number of benzene rings is 2. The fourth-order valence-electron chi connectivity index (χ4n) is 2.65. The number of aromatic nitrogens is 2. The number of nitrogens with zero attached hydrogens (tertiary/aromatic N) is 1. The summed E-state index contributed by atoms with van der Waals surface area (Å²) in [6.45, 7) is 0. The van der Waals surface area contributed by atoms with Gasteiger partial charge in [0.2, 0.25) is 0 Å². The van der Waals surface area contributed by atoms with Crippen molar-refractivity contribution in [3.63, 3.8) is 0 Å². The molecular formula is C17H8F4N2. The number of rotatable bonds is 1. The van der Waals surface area contributed by atoms with E-state index in [2.05, 4.69) is 9.97 Å². The molecule has 0 aliphatic rings. The summed E-state index contributed by atoms with van der Waals surface area (Å²) in [5.74, 6) is -4.49. The third-order valence-electron chi connectivity index (χ3n) is 3.77. The van der Waals surface area contributed by atoms with Crippen molar-refractivity contribution >= 4 is 21.8 Å². The number of pyridine rings is 1. The molecule has 114 valence electrons. The van der Waals surface area contributed by atoms with Crippen molar-refractivity contribution in [1.29, 1.82) is 0 Å². The highest BCUT2D eigenvalue weighted by molar-refractivity contribution is 5.96. The Bertz CT molecular complexity index is 1070. The lowest BCUT2D eigenvalue weighted by Gasteiger charge is -2.04. The topological polar surface area (TPSA) is 28.7 Å². The Morgan fingerprint density at radius 1 is 0.826 bits per heavy atom. The Hall–Kier alpha value is -2.89. The van der Waals surface area contributed by atoms with Gasteiger partial charge in [-0.15, -0.1) is 0 Å². The van der Waals surface area contributed by atoms with Gasteiger partial charge in [-0.05, 0) is 30.3 Å². The molecule has 2 heterocycles. The monoisotopic (exact) mass is 316 g/mol. The summed E-state index contributed by atoms with van der Waals surface area (Å²) >= 11 is 0. The molecule has 0 atom stereocenters. The van der Waals surface area contributed by atoms with Gasteiger partial charge in [0.05, 0.1) is 16.7 Å². The largest absolute Gasteiger partial charge is 0.358 e. The highest BCUT2D eigenvalue weighted by atomic mass is 19.2. The van der Waals surface area contributed by atoms with Gasteiger partial charge in [-0.3, -0.25) is 0 Å². The van der Waals surface area contributed by atoms with Crippen LogP contribution in [0, 0.1) is 23.3 Å². The van der Waals surface area contributed by atoms with Crippen LogP contribution in [-0.4, -0.2) is 9.97 Å². The number of hydrogen-bond acceptors (Lipinski definition) is 1. The van der Waals surface area contributed by atoms with Crippen LogP contribution in [0.3, 0.4) is 0 Å². The van der Waals surface area contributed by atoms with Gasteiger partial charge in [0.1, 0.15) is 5.82 Å². The van der Waals surface area contributed by atoms with Gasteiger partial charge in [0, 0.05) is 22.5 Å². The van der Waals surface area contributed by atoms with Crippen LogP contribution in [0.25, 0.3) is 33.1 Å². The van der Waals surface area contributed by atoms with E-state index >= 15 is 0 Å². The average Bonchev–Trinajstić information content (AvgIpc) is 2.96. The van der Waals surface area contributed by atoms with Gasteiger partial charge in [0.15, 0.2) is 17.5 Å². The molecule has 4 aromatic rings. The predicted molar refractivity (Wildman–Crippen MR) is 78.9 cm³/mol. The zero-order valence-electron chi connectivity index (χ0n) is 11.5. The molecule has 0 aliphatic carbocycles. The first-order chi connectivity index (χ1) is 11.1. The van der Waals surface area contributed by atoms with Gasteiger partial charge >= 0.3 is 0 Å². The number of aromatic amines is 1. The van der Waals surface area contributed by atoms with E-state index in [0.717, 1.165) is 6.07 Å². The minimum absolute atomic E-state index is 0.139. The van der Waals surface area contributed by atoms with Gasteiger partial charge in [-0.2, -0.15) is 0 Å². The van der Waals surface area contributed by atoms with Crippen LogP contribution < -0.4 is 0 Å². The van der Waals surface area contributed by atoms with Crippen LogP contribution in [0.5, 0.6) is 0 Å². The lowest BCUT2D eigenvalue weighted by atomic mass is 10.1. The first-order valence-corrected chi connectivity index (χ1v) is 6.76. The molecule has 0 spiro atoms. The van der Waals surface area contributed by atoms with E-state index in [4.69, 9.17) is 0 Å². The second kappa shape index (κ2) is 4.81. The normalized spacial score (nSPS) is 11.5. The molecule has 0 bridgehead atoms. The van der Waals surface area contributed by atoms with E-state index in [0.29, 0.717) is 22.2 Å². The summed E-state index contributed by atoms with van der Waals surface area (Å²) < 4.78 is 54.2. The van der Waals surface area contributed by atoms with Crippen LogP contribution in [0.4, 0.5) is 17.6 Å². The van der Waals surface area contributed by atoms with Crippen molar-refractivity contribution in [2.24, 2.45) is 0 Å². The van der Waals surface area contributed by atoms with E-state index < -0.39 is 23.3 Å². The van der Waals surface area contributed by atoms with Crippen molar-refractivity contribution in [2.45, 2.75) is 0 Å². The second-order valence-electron chi connectivity index (χ2n) is 5.11. The molecule has 0 aliphatic heterocycles. The molecule has 0 fully saturated rings. The summed E-state index contributed by atoms with van der Waals surface area (Å²) in [6.07, 6.45) is 1.42. The summed E-state index contributed by atoms with van der Waals surface area (Å²) in [5.41, 5.74) is 1.09. The van der Waals surface area contributed by atoms with Crippen molar-refractivity contribution in [3.05, 3.63) is 65.9 Å². The van der Waals surface area contributed by atoms with Crippen LogP contribution in [-0.2, 0) is 0 Å². The highest BCUT2D eigenvalue weighted by Gasteiger charge is 2.18. The molecule has 2 aromatic heterocycles. The second-order valence-corrected chi connectivity index (χ2v) is 5.11. The van der Waals surface area contributed by atoms with Crippen molar-refractivity contribution in [2.75, 3.05) is 0 Å². The van der Waals surface area contributed by atoms with E-state index in [1.807, 2.05) is 0 Å². The Morgan fingerprint density at radius 3 is 2.48 bits per heavy atom. The molecule has 2 nitrogen and oxygen atoms in total. The Labute approximate surface area is 127 Å². The third kappa shape index (κ3) is 1.98. The number of H-pyrrole nitrogens is 1. The molecule has 0 radical (unpaired) electrons. The summed E-state index contributed by atoms with van der Waals surface area (Å²) in [6, 6.07) is 8.49. The minimum Gasteiger partial charge on any atom is -0.358 e. The Kier molecular flexibility index (Phi) is 2.87. The Balaban J connectivity index is 1.99. The maximum Gasteiger partial charge on any atom is 0.196 e. The average molecular weight is 316 g/mol.